The van der Waals surface area contributed by atoms with E-state index in [1.807, 2.05) is 0 Å². The van der Waals surface area contributed by atoms with Crippen molar-refractivity contribution in [2.75, 3.05) is 5.73 Å². The summed E-state index contributed by atoms with van der Waals surface area (Å²) in [6, 6.07) is 7.03. The number of hydrogen-bond acceptors (Lipinski definition) is 4. The van der Waals surface area contributed by atoms with Crippen molar-refractivity contribution in [3.8, 4) is 0 Å². The molecule has 0 fully saturated rings. The molecule has 6 heteroatoms. The summed E-state index contributed by atoms with van der Waals surface area (Å²) in [5.41, 5.74) is 10.0. The number of fused-ring (bicyclic) bond motifs is 2. The molecule has 1 aliphatic carbocycles. The monoisotopic (exact) mass is 432 g/mol. The maximum atomic E-state index is 13.0. The van der Waals surface area contributed by atoms with Gasteiger partial charge < -0.3 is 5.73 Å². The number of aryl methyl sites for hydroxylation is 1. The fraction of sp³-hybridized carbons (Fsp3) is 0.364. The molecule has 1 aliphatic rings. The Balaban J connectivity index is 1.75. The molecule has 0 amide bonds. The lowest BCUT2D eigenvalue weighted by molar-refractivity contribution is 0.104. The average molecular weight is 433 g/mol. The molecule has 3 aromatic rings. The molecule has 0 saturated carbocycles. The first-order valence-electron chi connectivity index (χ1n) is 9.35. The van der Waals surface area contributed by atoms with E-state index < -0.39 is 0 Å². The molecule has 28 heavy (non-hydrogen) atoms. The van der Waals surface area contributed by atoms with Crippen molar-refractivity contribution < 1.29 is 4.79 Å². The Morgan fingerprint density at radius 3 is 2.64 bits per heavy atom. The molecule has 146 valence electrons. The van der Waals surface area contributed by atoms with Crippen LogP contribution in [0.15, 0.2) is 24.3 Å². The molecule has 0 spiro atoms. The van der Waals surface area contributed by atoms with E-state index in [1.165, 1.54) is 16.9 Å². The number of anilines is 1. The van der Waals surface area contributed by atoms with Gasteiger partial charge in [-0.3, -0.25) is 4.79 Å². The minimum atomic E-state index is -0.149. The molecule has 0 radical (unpaired) electrons. The summed E-state index contributed by atoms with van der Waals surface area (Å²) in [6.45, 7) is 6.88. The van der Waals surface area contributed by atoms with Crippen LogP contribution in [0.2, 0.25) is 10.0 Å². The summed E-state index contributed by atoms with van der Waals surface area (Å²) in [6.07, 6.45) is 3.12. The molecule has 1 atom stereocenters. The second-order valence-corrected chi connectivity index (χ2v) is 10.4. The second kappa shape index (κ2) is 7.01. The number of nitrogens with zero attached hydrogens (tertiary/aromatic N) is 1. The molecule has 0 saturated heterocycles. The first kappa shape index (κ1) is 19.7. The molecule has 2 N–H and O–H groups in total. The summed E-state index contributed by atoms with van der Waals surface area (Å²) in [5.74, 6) is 0.473. The smallest absolute Gasteiger partial charge is 0.205 e. The maximum Gasteiger partial charge on any atom is 0.205 e. The maximum absolute atomic E-state index is 13.0. The predicted molar refractivity (Wildman–Crippen MR) is 119 cm³/mol. The number of pyridine rings is 1. The number of hydrogen-bond donors (Lipinski definition) is 1. The van der Waals surface area contributed by atoms with Crippen LogP contribution in [0, 0.1) is 11.3 Å². The zero-order valence-corrected chi connectivity index (χ0v) is 18.4. The number of carbonyl (C=O) groups excluding carboxylic acids is 1. The lowest BCUT2D eigenvalue weighted by Gasteiger charge is -2.34. The Hall–Kier alpha value is -1.62. The third-order valence-corrected chi connectivity index (χ3v) is 7.55. The van der Waals surface area contributed by atoms with Crippen molar-refractivity contribution in [1.82, 2.24) is 4.98 Å². The normalized spacial score (nSPS) is 17.0. The molecular formula is C22H22Cl2N2OS. The van der Waals surface area contributed by atoms with E-state index in [9.17, 15) is 4.79 Å². The summed E-state index contributed by atoms with van der Waals surface area (Å²) in [7, 11) is 0. The van der Waals surface area contributed by atoms with E-state index in [1.54, 1.807) is 18.2 Å². The zero-order chi connectivity index (χ0) is 20.2. The van der Waals surface area contributed by atoms with Gasteiger partial charge in [-0.15, -0.1) is 11.3 Å². The summed E-state index contributed by atoms with van der Waals surface area (Å²) < 4.78 is 0. The van der Waals surface area contributed by atoms with Crippen LogP contribution in [-0.4, -0.2) is 10.8 Å². The van der Waals surface area contributed by atoms with Gasteiger partial charge in [0.25, 0.3) is 0 Å². The van der Waals surface area contributed by atoms with Crippen molar-refractivity contribution in [3.05, 3.63) is 56.0 Å². The predicted octanol–water partition coefficient (Wildman–Crippen LogP) is 6.57. The largest absolute Gasteiger partial charge is 0.397 e. The van der Waals surface area contributed by atoms with Crippen molar-refractivity contribution in [1.29, 1.82) is 0 Å². The molecular weight excluding hydrogens is 411 g/mol. The van der Waals surface area contributed by atoms with Crippen molar-refractivity contribution >= 4 is 56.2 Å². The fourth-order valence-corrected chi connectivity index (χ4v) is 5.22. The Morgan fingerprint density at radius 2 is 1.96 bits per heavy atom. The molecule has 2 aromatic heterocycles. The van der Waals surface area contributed by atoms with Crippen LogP contribution in [-0.2, 0) is 12.8 Å². The van der Waals surface area contributed by atoms with E-state index >= 15 is 0 Å². The molecule has 3 nitrogen and oxygen atoms in total. The van der Waals surface area contributed by atoms with Crippen molar-refractivity contribution in [2.24, 2.45) is 11.3 Å². The lowest BCUT2D eigenvalue weighted by Crippen LogP contribution is -2.27. The highest BCUT2D eigenvalue weighted by Crippen LogP contribution is 2.41. The third-order valence-electron chi connectivity index (χ3n) is 5.70. The van der Waals surface area contributed by atoms with Gasteiger partial charge >= 0.3 is 0 Å². The number of aromatic nitrogens is 1. The number of ketones is 1. The summed E-state index contributed by atoms with van der Waals surface area (Å²) in [5, 5.41) is 1.65. The number of benzene rings is 1. The number of nitrogen functional groups attached to an aromatic ring is 1. The van der Waals surface area contributed by atoms with Gasteiger partial charge in [-0.05, 0) is 60.4 Å². The van der Waals surface area contributed by atoms with E-state index in [0.717, 1.165) is 35.2 Å². The molecule has 2 heterocycles. The Labute approximate surface area is 178 Å². The van der Waals surface area contributed by atoms with Crippen LogP contribution < -0.4 is 5.73 Å². The highest BCUT2D eigenvalue weighted by atomic mass is 35.5. The van der Waals surface area contributed by atoms with Crippen LogP contribution in [0.4, 0.5) is 5.69 Å². The van der Waals surface area contributed by atoms with Crippen molar-refractivity contribution in [2.45, 2.75) is 40.0 Å². The van der Waals surface area contributed by atoms with Gasteiger partial charge in [0.2, 0.25) is 5.78 Å². The highest BCUT2D eigenvalue weighted by molar-refractivity contribution is 7.21. The van der Waals surface area contributed by atoms with Gasteiger partial charge in [-0.1, -0.05) is 44.0 Å². The zero-order valence-electron chi connectivity index (χ0n) is 16.1. The van der Waals surface area contributed by atoms with Crippen LogP contribution >= 0.6 is 34.5 Å². The Kier molecular flexibility index (Phi) is 4.93. The Bertz CT molecular complexity index is 1100. The van der Waals surface area contributed by atoms with Gasteiger partial charge in [0.05, 0.1) is 15.7 Å². The Morgan fingerprint density at radius 1 is 1.21 bits per heavy atom. The number of rotatable bonds is 2. The quantitative estimate of drug-likeness (QED) is 0.465. The topological polar surface area (TPSA) is 56.0 Å². The van der Waals surface area contributed by atoms with Gasteiger partial charge in [0.1, 0.15) is 9.71 Å². The van der Waals surface area contributed by atoms with E-state index in [0.29, 0.717) is 32.1 Å². The number of halogens is 2. The number of thiophene rings is 1. The summed E-state index contributed by atoms with van der Waals surface area (Å²) in [4.78, 5) is 19.2. The highest BCUT2D eigenvalue weighted by Gasteiger charge is 2.30. The SMILES string of the molecule is CC(C)(C)C1CCc2nc3sc(C(=O)c4ccc(Cl)c(Cl)c4)c(N)c3cc2C1. The standard InChI is InChI=1S/C22H22Cl2N2OS/c1-22(2,3)13-5-7-17-12(8-13)9-14-18(25)20(28-21(14)26-17)19(27)11-4-6-15(23)16(24)10-11/h4,6,9-10,13H,5,7-8,25H2,1-3H3. The first-order valence-corrected chi connectivity index (χ1v) is 10.9. The minimum absolute atomic E-state index is 0.149. The van der Waals surface area contributed by atoms with Gasteiger partial charge in [0.15, 0.2) is 0 Å². The molecule has 1 aromatic carbocycles. The van der Waals surface area contributed by atoms with Crippen LogP contribution in [0.3, 0.4) is 0 Å². The van der Waals surface area contributed by atoms with Gasteiger partial charge in [-0.2, -0.15) is 0 Å². The van der Waals surface area contributed by atoms with Crippen LogP contribution in [0.25, 0.3) is 10.2 Å². The first-order chi connectivity index (χ1) is 13.1. The molecule has 4 rings (SSSR count). The molecule has 0 aliphatic heterocycles. The van der Waals surface area contributed by atoms with E-state index in [2.05, 4.69) is 26.8 Å². The van der Waals surface area contributed by atoms with Gasteiger partial charge in [-0.25, -0.2) is 4.98 Å². The van der Waals surface area contributed by atoms with Gasteiger partial charge in [0, 0.05) is 16.6 Å². The average Bonchev–Trinajstić information content (AvgIpc) is 2.96. The van der Waals surface area contributed by atoms with Crippen LogP contribution in [0.5, 0.6) is 0 Å². The third kappa shape index (κ3) is 3.42. The second-order valence-electron chi connectivity index (χ2n) is 8.56. The number of nitrogens with two attached hydrogens (primary N) is 1. The lowest BCUT2D eigenvalue weighted by atomic mass is 9.71. The minimum Gasteiger partial charge on any atom is -0.397 e. The van der Waals surface area contributed by atoms with Crippen molar-refractivity contribution in [3.63, 3.8) is 0 Å². The summed E-state index contributed by atoms with van der Waals surface area (Å²) >= 11 is 13.4. The fourth-order valence-electron chi connectivity index (χ4n) is 3.87. The van der Waals surface area contributed by atoms with Crippen LogP contribution in [0.1, 0.15) is 53.7 Å². The van der Waals surface area contributed by atoms with E-state index in [-0.39, 0.29) is 11.2 Å². The number of carbonyl (C=O) groups is 1. The molecule has 1 unspecified atom stereocenters. The molecule has 0 bridgehead atoms. The van der Waals surface area contributed by atoms with E-state index in [4.69, 9.17) is 33.9 Å².